The van der Waals surface area contributed by atoms with Gasteiger partial charge in [-0.15, -0.1) is 0 Å². The van der Waals surface area contributed by atoms with Gasteiger partial charge in [-0.3, -0.25) is 9.59 Å². The van der Waals surface area contributed by atoms with Crippen LogP contribution in [-0.4, -0.2) is 35.5 Å². The number of alkyl carbamates (subject to hydrolysis) is 1. The largest absolute Gasteiger partial charge is 0.481 e. The minimum atomic E-state index is -1.00. The Morgan fingerprint density at radius 2 is 1.65 bits per heavy atom. The fourth-order valence-corrected chi connectivity index (χ4v) is 2.08. The molecular formula is C16H29NO6. The van der Waals surface area contributed by atoms with Crippen LogP contribution in [0.15, 0.2) is 0 Å². The van der Waals surface area contributed by atoms with E-state index in [1.807, 2.05) is 20.8 Å². The molecule has 134 valence electrons. The van der Waals surface area contributed by atoms with Crippen LogP contribution >= 0.6 is 0 Å². The number of hydrogen-bond acceptors (Lipinski definition) is 5. The van der Waals surface area contributed by atoms with E-state index in [-0.39, 0.29) is 24.2 Å². The van der Waals surface area contributed by atoms with Crippen LogP contribution in [-0.2, 0) is 19.1 Å². The van der Waals surface area contributed by atoms with E-state index in [1.54, 1.807) is 13.8 Å². The summed E-state index contributed by atoms with van der Waals surface area (Å²) in [5.74, 6) is -1.55. The maximum absolute atomic E-state index is 12.0. The Morgan fingerprint density at radius 3 is 2.04 bits per heavy atom. The molecule has 0 spiro atoms. The predicted molar refractivity (Wildman–Crippen MR) is 84.7 cm³/mol. The van der Waals surface area contributed by atoms with E-state index in [9.17, 15) is 14.4 Å². The van der Waals surface area contributed by atoms with E-state index >= 15 is 0 Å². The highest BCUT2D eigenvalue weighted by Crippen LogP contribution is 2.21. The molecule has 0 aromatic carbocycles. The van der Waals surface area contributed by atoms with Crippen molar-refractivity contribution in [2.24, 2.45) is 17.8 Å². The SMILES string of the molecule is CC[C@@H](C)[C@@H](C)[C@@H](CC(=O)O)NC(=O)O[C@@H](OC(C)=O)C(C)C. The molecule has 0 heterocycles. The number of nitrogens with one attached hydrogen (secondary N) is 1. The van der Waals surface area contributed by atoms with Crippen LogP contribution in [0.4, 0.5) is 4.79 Å². The summed E-state index contributed by atoms with van der Waals surface area (Å²) in [6, 6.07) is -0.555. The van der Waals surface area contributed by atoms with Crippen molar-refractivity contribution < 1.29 is 29.0 Å². The van der Waals surface area contributed by atoms with E-state index in [2.05, 4.69) is 5.32 Å². The fourth-order valence-electron chi connectivity index (χ4n) is 2.08. The third-order valence-corrected chi connectivity index (χ3v) is 3.92. The molecule has 0 aliphatic rings. The third kappa shape index (κ3) is 8.42. The molecule has 0 saturated heterocycles. The Labute approximate surface area is 137 Å². The number of carbonyl (C=O) groups is 3. The lowest BCUT2D eigenvalue weighted by molar-refractivity contribution is -0.172. The number of carboxylic acid groups (broad SMARTS) is 1. The van der Waals surface area contributed by atoms with E-state index < -0.39 is 30.4 Å². The van der Waals surface area contributed by atoms with Gasteiger partial charge in [-0.2, -0.15) is 0 Å². The molecule has 7 nitrogen and oxygen atoms in total. The maximum Gasteiger partial charge on any atom is 0.410 e. The number of hydrogen-bond donors (Lipinski definition) is 2. The Hall–Kier alpha value is -1.79. The van der Waals surface area contributed by atoms with Crippen LogP contribution in [0.25, 0.3) is 0 Å². The lowest BCUT2D eigenvalue weighted by Crippen LogP contribution is -2.45. The van der Waals surface area contributed by atoms with Crippen molar-refractivity contribution in [3.8, 4) is 0 Å². The summed E-state index contributed by atoms with van der Waals surface area (Å²) in [6.07, 6.45) is -1.11. The number of carboxylic acids is 1. The summed E-state index contributed by atoms with van der Waals surface area (Å²) in [7, 11) is 0. The second kappa shape index (κ2) is 10.1. The molecule has 23 heavy (non-hydrogen) atoms. The predicted octanol–water partition coefficient (Wildman–Crippen LogP) is 2.78. The highest BCUT2D eigenvalue weighted by molar-refractivity contribution is 5.72. The number of aliphatic carboxylic acids is 1. The Bertz CT molecular complexity index is 409. The van der Waals surface area contributed by atoms with E-state index in [0.717, 1.165) is 6.42 Å². The number of esters is 1. The summed E-state index contributed by atoms with van der Waals surface area (Å²) >= 11 is 0. The Kier molecular flexibility index (Phi) is 9.29. The monoisotopic (exact) mass is 331 g/mol. The fraction of sp³-hybridized carbons (Fsp3) is 0.812. The van der Waals surface area contributed by atoms with Crippen molar-refractivity contribution >= 4 is 18.0 Å². The van der Waals surface area contributed by atoms with Gasteiger partial charge in [0.1, 0.15) is 0 Å². The van der Waals surface area contributed by atoms with Crippen molar-refractivity contribution in [2.45, 2.75) is 66.7 Å². The third-order valence-electron chi connectivity index (χ3n) is 3.92. The summed E-state index contributed by atoms with van der Waals surface area (Å²) in [5.41, 5.74) is 0. The molecule has 0 unspecified atom stereocenters. The van der Waals surface area contributed by atoms with Crippen molar-refractivity contribution in [3.05, 3.63) is 0 Å². The van der Waals surface area contributed by atoms with Crippen LogP contribution in [0, 0.1) is 17.8 Å². The first-order chi connectivity index (χ1) is 10.6. The van der Waals surface area contributed by atoms with Crippen LogP contribution < -0.4 is 5.32 Å². The average molecular weight is 331 g/mol. The van der Waals surface area contributed by atoms with Gasteiger partial charge in [0.25, 0.3) is 6.29 Å². The van der Waals surface area contributed by atoms with Crippen molar-refractivity contribution in [3.63, 3.8) is 0 Å². The number of rotatable bonds is 9. The lowest BCUT2D eigenvalue weighted by Gasteiger charge is -2.29. The molecule has 0 radical (unpaired) electrons. The van der Waals surface area contributed by atoms with Crippen LogP contribution in [0.5, 0.6) is 0 Å². The van der Waals surface area contributed by atoms with Crippen LogP contribution in [0.1, 0.15) is 54.4 Å². The summed E-state index contributed by atoms with van der Waals surface area (Å²) in [5, 5.41) is 11.6. The van der Waals surface area contributed by atoms with Gasteiger partial charge in [0.05, 0.1) is 6.42 Å². The molecular weight excluding hydrogens is 302 g/mol. The first-order valence-corrected chi connectivity index (χ1v) is 7.94. The first kappa shape index (κ1) is 21.2. The normalized spacial score (nSPS) is 16.1. The lowest BCUT2D eigenvalue weighted by atomic mass is 9.85. The smallest absolute Gasteiger partial charge is 0.410 e. The van der Waals surface area contributed by atoms with Crippen LogP contribution in [0.2, 0.25) is 0 Å². The molecule has 0 rings (SSSR count). The van der Waals surface area contributed by atoms with Crippen molar-refractivity contribution in [1.82, 2.24) is 5.32 Å². The molecule has 0 aromatic rings. The minimum Gasteiger partial charge on any atom is -0.481 e. The highest BCUT2D eigenvalue weighted by Gasteiger charge is 2.28. The zero-order chi connectivity index (χ0) is 18.2. The van der Waals surface area contributed by atoms with Gasteiger partial charge in [-0.25, -0.2) is 4.79 Å². The van der Waals surface area contributed by atoms with Gasteiger partial charge in [-0.05, 0) is 11.8 Å². The standard InChI is InChI=1S/C16H29NO6/c1-7-10(4)11(5)13(8-14(19)20)17-16(21)23-15(9(2)3)22-12(6)18/h9-11,13,15H,7-8H2,1-6H3,(H,17,21)(H,19,20)/t10-,11-,13-,15-/m1/s1. The summed E-state index contributed by atoms with van der Waals surface area (Å²) in [4.78, 5) is 34.1. The molecule has 0 fully saturated rings. The van der Waals surface area contributed by atoms with Gasteiger partial charge in [-0.1, -0.05) is 41.0 Å². The molecule has 0 saturated carbocycles. The van der Waals surface area contributed by atoms with Crippen molar-refractivity contribution in [2.75, 3.05) is 0 Å². The van der Waals surface area contributed by atoms with Gasteiger partial charge in [0.15, 0.2) is 0 Å². The van der Waals surface area contributed by atoms with E-state index in [4.69, 9.17) is 14.6 Å². The molecule has 7 heteroatoms. The first-order valence-electron chi connectivity index (χ1n) is 7.94. The molecule has 0 aliphatic heterocycles. The molecule has 0 aliphatic carbocycles. The highest BCUT2D eigenvalue weighted by atomic mass is 16.7. The van der Waals surface area contributed by atoms with Gasteiger partial charge in [0, 0.05) is 18.9 Å². The van der Waals surface area contributed by atoms with E-state index in [1.165, 1.54) is 6.92 Å². The summed E-state index contributed by atoms with van der Waals surface area (Å²) < 4.78 is 10.0. The molecule has 2 N–H and O–H groups in total. The van der Waals surface area contributed by atoms with Gasteiger partial charge >= 0.3 is 18.0 Å². The molecule has 0 aromatic heterocycles. The molecule has 1 amide bonds. The second-order valence-electron chi connectivity index (χ2n) is 6.22. The topological polar surface area (TPSA) is 102 Å². The van der Waals surface area contributed by atoms with Gasteiger partial charge < -0.3 is 19.9 Å². The quantitative estimate of drug-likeness (QED) is 0.497. The number of carbonyl (C=O) groups excluding carboxylic acids is 2. The number of amides is 1. The van der Waals surface area contributed by atoms with Crippen molar-refractivity contribution in [1.29, 1.82) is 0 Å². The average Bonchev–Trinajstić information content (AvgIpc) is 2.43. The van der Waals surface area contributed by atoms with Gasteiger partial charge in [0.2, 0.25) is 0 Å². The van der Waals surface area contributed by atoms with Crippen LogP contribution in [0.3, 0.4) is 0 Å². The maximum atomic E-state index is 12.0. The Balaban J connectivity index is 4.86. The minimum absolute atomic E-state index is 0.0325. The molecule has 4 atom stereocenters. The zero-order valence-corrected chi connectivity index (χ0v) is 14.8. The second-order valence-corrected chi connectivity index (χ2v) is 6.22. The Morgan fingerprint density at radius 1 is 1.09 bits per heavy atom. The molecule has 0 bridgehead atoms. The zero-order valence-electron chi connectivity index (χ0n) is 14.8. The van der Waals surface area contributed by atoms with E-state index in [0.29, 0.717) is 0 Å². The number of ether oxygens (including phenoxy) is 2. The summed E-state index contributed by atoms with van der Waals surface area (Å²) in [6.45, 7) is 10.6.